The molecule has 2 aliphatic rings. The molecule has 0 saturated carbocycles. The van der Waals surface area contributed by atoms with Crippen molar-refractivity contribution in [2.45, 2.75) is 37.8 Å². The first-order valence-corrected chi connectivity index (χ1v) is 8.06. The number of hydrogen-bond acceptors (Lipinski definition) is 4. The van der Waals surface area contributed by atoms with E-state index in [0.717, 1.165) is 31.2 Å². The fourth-order valence-corrected chi connectivity index (χ4v) is 3.56. The Labute approximate surface area is 126 Å². The van der Waals surface area contributed by atoms with Crippen LogP contribution in [-0.2, 0) is 0 Å². The zero-order valence-corrected chi connectivity index (χ0v) is 12.5. The van der Waals surface area contributed by atoms with Crippen LogP contribution < -0.4 is 5.73 Å². The van der Waals surface area contributed by atoms with Gasteiger partial charge in [-0.2, -0.15) is 0 Å². The maximum atomic E-state index is 12.9. The van der Waals surface area contributed by atoms with Crippen LogP contribution in [0.25, 0.3) is 0 Å². The first kappa shape index (κ1) is 14.9. The summed E-state index contributed by atoms with van der Waals surface area (Å²) in [5, 5.41) is 0. The molecule has 3 rings (SSSR count). The van der Waals surface area contributed by atoms with Crippen LogP contribution in [0.3, 0.4) is 0 Å². The molecule has 2 N–H and O–H groups in total. The highest BCUT2D eigenvalue weighted by molar-refractivity contribution is 5.09. The third-order valence-electron chi connectivity index (χ3n) is 4.77. The molecular formula is C16H25FN4. The molecule has 2 atom stereocenters. The van der Waals surface area contributed by atoms with E-state index >= 15 is 0 Å². The summed E-state index contributed by atoms with van der Waals surface area (Å²) in [5.41, 5.74) is 6.97. The van der Waals surface area contributed by atoms with E-state index in [1.807, 2.05) is 0 Å². The van der Waals surface area contributed by atoms with Gasteiger partial charge >= 0.3 is 0 Å². The van der Waals surface area contributed by atoms with Crippen molar-refractivity contribution >= 4 is 0 Å². The summed E-state index contributed by atoms with van der Waals surface area (Å²) in [7, 11) is 0. The molecule has 0 aliphatic carbocycles. The molecule has 2 aliphatic heterocycles. The van der Waals surface area contributed by atoms with E-state index in [0.29, 0.717) is 0 Å². The summed E-state index contributed by atoms with van der Waals surface area (Å²) in [4.78, 5) is 9.27. The Hall–Kier alpha value is -1.04. The van der Waals surface area contributed by atoms with Gasteiger partial charge in [0.25, 0.3) is 0 Å². The number of halogens is 1. The Kier molecular flexibility index (Phi) is 4.83. The van der Waals surface area contributed by atoms with E-state index in [2.05, 4.69) is 14.8 Å². The van der Waals surface area contributed by atoms with Gasteiger partial charge in [0, 0.05) is 25.2 Å². The third kappa shape index (κ3) is 3.78. The largest absolute Gasteiger partial charge is 0.323 e. The molecule has 2 saturated heterocycles. The summed E-state index contributed by atoms with van der Waals surface area (Å²) in [5.74, 6) is -0.306. The number of nitrogens with two attached hydrogens (primary N) is 1. The van der Waals surface area contributed by atoms with E-state index < -0.39 is 0 Å². The van der Waals surface area contributed by atoms with Crippen LogP contribution in [0.15, 0.2) is 18.3 Å². The topological polar surface area (TPSA) is 45.4 Å². The second-order valence-electron chi connectivity index (χ2n) is 6.28. The SMILES string of the molecule is NC(CCN1CCCN2CCCC2C1)c1ccc(F)cn1. The maximum Gasteiger partial charge on any atom is 0.141 e. The zero-order chi connectivity index (χ0) is 14.7. The highest BCUT2D eigenvalue weighted by atomic mass is 19.1. The van der Waals surface area contributed by atoms with E-state index in [1.165, 1.54) is 51.2 Å². The quantitative estimate of drug-likeness (QED) is 0.919. The van der Waals surface area contributed by atoms with Gasteiger partial charge in [-0.25, -0.2) is 4.39 Å². The number of fused-ring (bicyclic) bond motifs is 1. The number of rotatable bonds is 4. The van der Waals surface area contributed by atoms with E-state index in [9.17, 15) is 4.39 Å². The van der Waals surface area contributed by atoms with Gasteiger partial charge in [-0.1, -0.05) is 0 Å². The second-order valence-corrected chi connectivity index (χ2v) is 6.28. The Balaban J connectivity index is 1.50. The standard InChI is InChI=1S/C16H25FN4/c17-13-4-5-16(19-11-13)15(18)6-10-20-7-2-9-21-8-1-3-14(21)12-20/h4-5,11,14-15H,1-3,6-10,12,18H2. The molecule has 2 fully saturated rings. The molecule has 0 bridgehead atoms. The van der Waals surface area contributed by atoms with Crippen LogP contribution in [0.1, 0.15) is 37.4 Å². The summed E-state index contributed by atoms with van der Waals surface area (Å²) >= 11 is 0. The zero-order valence-electron chi connectivity index (χ0n) is 12.5. The minimum atomic E-state index is -0.306. The molecule has 5 heteroatoms. The van der Waals surface area contributed by atoms with Crippen LogP contribution in [0.5, 0.6) is 0 Å². The third-order valence-corrected chi connectivity index (χ3v) is 4.77. The molecule has 0 spiro atoms. The number of hydrogen-bond donors (Lipinski definition) is 1. The fourth-order valence-electron chi connectivity index (χ4n) is 3.56. The molecule has 0 amide bonds. The maximum absolute atomic E-state index is 12.9. The number of nitrogens with zero attached hydrogens (tertiary/aromatic N) is 3. The summed E-state index contributed by atoms with van der Waals surface area (Å²) in [6.07, 6.45) is 6.06. The minimum absolute atomic E-state index is 0.103. The first-order valence-electron chi connectivity index (χ1n) is 8.06. The van der Waals surface area contributed by atoms with Crippen molar-refractivity contribution in [3.63, 3.8) is 0 Å². The van der Waals surface area contributed by atoms with Gasteiger partial charge in [-0.3, -0.25) is 9.88 Å². The van der Waals surface area contributed by atoms with Gasteiger partial charge in [0.2, 0.25) is 0 Å². The fraction of sp³-hybridized carbons (Fsp3) is 0.688. The number of aromatic nitrogens is 1. The van der Waals surface area contributed by atoms with Gasteiger partial charge in [-0.05, 0) is 57.5 Å². The predicted molar refractivity (Wildman–Crippen MR) is 81.4 cm³/mol. The average molecular weight is 292 g/mol. The van der Waals surface area contributed by atoms with Gasteiger partial charge in [-0.15, -0.1) is 0 Å². The normalized spacial score (nSPS) is 25.5. The molecule has 0 radical (unpaired) electrons. The van der Waals surface area contributed by atoms with Crippen LogP contribution in [0.4, 0.5) is 4.39 Å². The highest BCUT2D eigenvalue weighted by Crippen LogP contribution is 2.22. The van der Waals surface area contributed by atoms with Gasteiger partial charge < -0.3 is 10.6 Å². The lowest BCUT2D eigenvalue weighted by Gasteiger charge is -2.26. The van der Waals surface area contributed by atoms with E-state index in [1.54, 1.807) is 6.07 Å². The van der Waals surface area contributed by atoms with Crippen LogP contribution in [0, 0.1) is 5.82 Å². The molecule has 1 aromatic heterocycles. The average Bonchev–Trinajstić information content (AvgIpc) is 2.83. The summed E-state index contributed by atoms with van der Waals surface area (Å²) in [6, 6.07) is 3.77. The summed E-state index contributed by atoms with van der Waals surface area (Å²) in [6.45, 7) is 5.86. The van der Waals surface area contributed by atoms with Crippen molar-refractivity contribution in [2.75, 3.05) is 32.7 Å². The molecule has 2 unspecified atom stereocenters. The van der Waals surface area contributed by atoms with Crippen molar-refractivity contribution in [1.82, 2.24) is 14.8 Å². The molecule has 21 heavy (non-hydrogen) atoms. The van der Waals surface area contributed by atoms with Gasteiger partial charge in [0.05, 0.1) is 11.9 Å². The van der Waals surface area contributed by atoms with Crippen LogP contribution in [0.2, 0.25) is 0 Å². The van der Waals surface area contributed by atoms with Crippen molar-refractivity contribution in [3.05, 3.63) is 29.8 Å². The van der Waals surface area contributed by atoms with E-state index in [4.69, 9.17) is 5.73 Å². The van der Waals surface area contributed by atoms with Crippen molar-refractivity contribution in [2.24, 2.45) is 5.73 Å². The lowest BCUT2D eigenvalue weighted by molar-refractivity contribution is 0.215. The molecule has 116 valence electrons. The Bertz CT molecular complexity index is 450. The number of pyridine rings is 1. The van der Waals surface area contributed by atoms with Crippen LogP contribution >= 0.6 is 0 Å². The Morgan fingerprint density at radius 1 is 1.29 bits per heavy atom. The van der Waals surface area contributed by atoms with Crippen molar-refractivity contribution in [1.29, 1.82) is 0 Å². The van der Waals surface area contributed by atoms with Gasteiger partial charge in [0.1, 0.15) is 5.82 Å². The monoisotopic (exact) mass is 292 g/mol. The molecule has 1 aromatic rings. The second kappa shape index (κ2) is 6.81. The smallest absolute Gasteiger partial charge is 0.141 e. The first-order chi connectivity index (χ1) is 10.2. The Morgan fingerprint density at radius 2 is 2.14 bits per heavy atom. The lowest BCUT2D eigenvalue weighted by Crippen LogP contribution is -2.37. The highest BCUT2D eigenvalue weighted by Gasteiger charge is 2.28. The molecule has 0 aromatic carbocycles. The summed E-state index contributed by atoms with van der Waals surface area (Å²) < 4.78 is 12.9. The molecule has 3 heterocycles. The lowest BCUT2D eigenvalue weighted by atomic mass is 10.1. The molecule has 4 nitrogen and oxygen atoms in total. The van der Waals surface area contributed by atoms with E-state index in [-0.39, 0.29) is 11.9 Å². The van der Waals surface area contributed by atoms with Crippen molar-refractivity contribution < 1.29 is 4.39 Å². The predicted octanol–water partition coefficient (Wildman–Crippen LogP) is 1.78. The molecular weight excluding hydrogens is 267 g/mol. The minimum Gasteiger partial charge on any atom is -0.323 e. The Morgan fingerprint density at radius 3 is 2.95 bits per heavy atom. The van der Waals surface area contributed by atoms with Crippen molar-refractivity contribution in [3.8, 4) is 0 Å². The van der Waals surface area contributed by atoms with Gasteiger partial charge in [0.15, 0.2) is 0 Å². The van der Waals surface area contributed by atoms with Crippen LogP contribution in [-0.4, -0.2) is 53.5 Å².